The standard InChI is InChI=1S/C13H17ClFNO/c14-12-5-4-10(7-13(12)15)8-17-9-11-3-1-2-6-16-11/h4-5,7,11,16H,1-3,6,8-9H2. The molecule has 1 unspecified atom stereocenters. The van der Waals surface area contributed by atoms with E-state index in [4.69, 9.17) is 16.3 Å². The van der Waals surface area contributed by atoms with Crippen molar-refractivity contribution in [1.82, 2.24) is 5.32 Å². The molecule has 1 heterocycles. The molecule has 0 aromatic heterocycles. The van der Waals surface area contributed by atoms with Gasteiger partial charge in [0.05, 0.1) is 18.2 Å². The van der Waals surface area contributed by atoms with Crippen LogP contribution in [0.15, 0.2) is 18.2 Å². The molecule has 17 heavy (non-hydrogen) atoms. The lowest BCUT2D eigenvalue weighted by atomic mass is 10.1. The van der Waals surface area contributed by atoms with Gasteiger partial charge in [0.2, 0.25) is 0 Å². The first-order chi connectivity index (χ1) is 8.25. The van der Waals surface area contributed by atoms with Crippen molar-refractivity contribution in [3.8, 4) is 0 Å². The first-order valence-electron chi connectivity index (χ1n) is 6.01. The average molecular weight is 258 g/mol. The Kier molecular flexibility index (Phi) is 4.77. The van der Waals surface area contributed by atoms with E-state index in [9.17, 15) is 4.39 Å². The van der Waals surface area contributed by atoms with Crippen LogP contribution in [-0.4, -0.2) is 19.2 Å². The second kappa shape index (κ2) is 6.34. The molecule has 1 saturated heterocycles. The van der Waals surface area contributed by atoms with E-state index in [1.807, 2.05) is 0 Å². The third-order valence-corrected chi connectivity index (χ3v) is 3.29. The van der Waals surface area contributed by atoms with Crippen LogP contribution in [0.5, 0.6) is 0 Å². The number of rotatable bonds is 4. The third kappa shape index (κ3) is 3.95. The van der Waals surface area contributed by atoms with Gasteiger partial charge in [0.1, 0.15) is 5.82 Å². The maximum Gasteiger partial charge on any atom is 0.142 e. The predicted octanol–water partition coefficient (Wildman–Crippen LogP) is 3.14. The van der Waals surface area contributed by atoms with E-state index in [0.717, 1.165) is 18.5 Å². The summed E-state index contributed by atoms with van der Waals surface area (Å²) < 4.78 is 18.7. The van der Waals surface area contributed by atoms with Crippen molar-refractivity contribution in [2.24, 2.45) is 0 Å². The summed E-state index contributed by atoms with van der Waals surface area (Å²) in [6, 6.07) is 5.23. The van der Waals surface area contributed by atoms with Crippen LogP contribution in [0.25, 0.3) is 0 Å². The number of halogens is 2. The smallest absolute Gasteiger partial charge is 0.142 e. The topological polar surface area (TPSA) is 21.3 Å². The lowest BCUT2D eigenvalue weighted by Crippen LogP contribution is -2.37. The summed E-state index contributed by atoms with van der Waals surface area (Å²) in [5.41, 5.74) is 0.822. The maximum atomic E-state index is 13.2. The quantitative estimate of drug-likeness (QED) is 0.895. The Hall–Kier alpha value is -0.640. The van der Waals surface area contributed by atoms with Gasteiger partial charge >= 0.3 is 0 Å². The van der Waals surface area contributed by atoms with E-state index in [2.05, 4.69) is 5.32 Å². The Morgan fingerprint density at radius 2 is 2.29 bits per heavy atom. The van der Waals surface area contributed by atoms with Crippen LogP contribution in [0.3, 0.4) is 0 Å². The van der Waals surface area contributed by atoms with Gasteiger partial charge in [-0.25, -0.2) is 4.39 Å². The monoisotopic (exact) mass is 257 g/mol. The fraction of sp³-hybridized carbons (Fsp3) is 0.538. The van der Waals surface area contributed by atoms with Crippen LogP contribution in [-0.2, 0) is 11.3 Å². The Morgan fingerprint density at radius 3 is 3.00 bits per heavy atom. The molecule has 0 bridgehead atoms. The lowest BCUT2D eigenvalue weighted by Gasteiger charge is -2.23. The Bertz CT molecular complexity index is 366. The van der Waals surface area contributed by atoms with Gasteiger partial charge in [0.25, 0.3) is 0 Å². The fourth-order valence-corrected chi connectivity index (χ4v) is 2.13. The number of piperidine rings is 1. The first kappa shape index (κ1) is 12.8. The molecule has 2 rings (SSSR count). The predicted molar refractivity (Wildman–Crippen MR) is 66.7 cm³/mol. The SMILES string of the molecule is Fc1cc(COCC2CCCCN2)ccc1Cl. The summed E-state index contributed by atoms with van der Waals surface area (Å²) in [6.45, 7) is 2.19. The van der Waals surface area contributed by atoms with Gasteiger partial charge in [-0.1, -0.05) is 24.1 Å². The Labute approximate surface area is 106 Å². The highest BCUT2D eigenvalue weighted by molar-refractivity contribution is 6.30. The van der Waals surface area contributed by atoms with Gasteiger partial charge in [-0.3, -0.25) is 0 Å². The minimum absolute atomic E-state index is 0.155. The van der Waals surface area contributed by atoms with Crippen molar-refractivity contribution in [2.45, 2.75) is 31.9 Å². The number of hydrogen-bond acceptors (Lipinski definition) is 2. The minimum atomic E-state index is -0.386. The van der Waals surface area contributed by atoms with E-state index in [1.165, 1.54) is 18.9 Å². The molecule has 2 nitrogen and oxygen atoms in total. The molecule has 4 heteroatoms. The summed E-state index contributed by atoms with van der Waals surface area (Å²) in [4.78, 5) is 0. The van der Waals surface area contributed by atoms with Gasteiger partial charge in [0, 0.05) is 6.04 Å². The molecule has 1 aromatic rings. The number of ether oxygens (including phenoxy) is 1. The molecule has 0 aliphatic carbocycles. The molecule has 1 aromatic carbocycles. The molecule has 0 radical (unpaired) electrons. The zero-order valence-corrected chi connectivity index (χ0v) is 10.5. The zero-order chi connectivity index (χ0) is 12.1. The summed E-state index contributed by atoms with van der Waals surface area (Å²) in [7, 11) is 0. The highest BCUT2D eigenvalue weighted by atomic mass is 35.5. The van der Waals surface area contributed by atoms with Crippen molar-refractivity contribution in [2.75, 3.05) is 13.2 Å². The van der Waals surface area contributed by atoms with Gasteiger partial charge in [0.15, 0.2) is 0 Å². The number of hydrogen-bond donors (Lipinski definition) is 1. The van der Waals surface area contributed by atoms with Gasteiger partial charge < -0.3 is 10.1 Å². The molecule has 1 aliphatic heterocycles. The molecular weight excluding hydrogens is 241 g/mol. The molecule has 94 valence electrons. The summed E-state index contributed by atoms with van der Waals surface area (Å²) >= 11 is 5.61. The average Bonchev–Trinajstić information content (AvgIpc) is 2.35. The molecular formula is C13H17ClFNO. The van der Waals surface area contributed by atoms with Crippen LogP contribution >= 0.6 is 11.6 Å². The molecule has 1 fully saturated rings. The summed E-state index contributed by atoms with van der Waals surface area (Å²) in [6.07, 6.45) is 3.67. The van der Waals surface area contributed by atoms with Crippen LogP contribution in [0.2, 0.25) is 5.02 Å². The molecule has 0 amide bonds. The van der Waals surface area contributed by atoms with E-state index < -0.39 is 0 Å². The highest BCUT2D eigenvalue weighted by Crippen LogP contribution is 2.16. The van der Waals surface area contributed by atoms with Gasteiger partial charge in [-0.15, -0.1) is 0 Å². The van der Waals surface area contributed by atoms with Crippen LogP contribution in [0.4, 0.5) is 4.39 Å². The Morgan fingerprint density at radius 1 is 1.41 bits per heavy atom. The van der Waals surface area contributed by atoms with E-state index >= 15 is 0 Å². The molecule has 1 N–H and O–H groups in total. The van der Waals surface area contributed by atoms with Crippen molar-refractivity contribution >= 4 is 11.6 Å². The second-order valence-corrected chi connectivity index (χ2v) is 4.82. The first-order valence-corrected chi connectivity index (χ1v) is 6.38. The van der Waals surface area contributed by atoms with Crippen molar-refractivity contribution in [3.63, 3.8) is 0 Å². The van der Waals surface area contributed by atoms with E-state index in [-0.39, 0.29) is 10.8 Å². The third-order valence-electron chi connectivity index (χ3n) is 2.98. The van der Waals surface area contributed by atoms with Crippen LogP contribution in [0.1, 0.15) is 24.8 Å². The largest absolute Gasteiger partial charge is 0.375 e. The molecule has 0 spiro atoms. The second-order valence-electron chi connectivity index (χ2n) is 4.41. The number of nitrogens with one attached hydrogen (secondary N) is 1. The lowest BCUT2D eigenvalue weighted by molar-refractivity contribution is 0.0910. The normalized spacial score (nSPS) is 20.5. The minimum Gasteiger partial charge on any atom is -0.375 e. The number of benzene rings is 1. The van der Waals surface area contributed by atoms with Crippen LogP contribution in [0, 0.1) is 5.82 Å². The van der Waals surface area contributed by atoms with E-state index in [0.29, 0.717) is 19.3 Å². The molecule has 1 aliphatic rings. The summed E-state index contributed by atoms with van der Waals surface area (Å²) in [5.74, 6) is -0.386. The fourth-order valence-electron chi connectivity index (χ4n) is 2.01. The van der Waals surface area contributed by atoms with Crippen molar-refractivity contribution < 1.29 is 9.13 Å². The van der Waals surface area contributed by atoms with E-state index in [1.54, 1.807) is 12.1 Å². The van der Waals surface area contributed by atoms with Gasteiger partial charge in [-0.05, 0) is 37.1 Å². The molecule has 0 saturated carbocycles. The molecule has 1 atom stereocenters. The Balaban J connectivity index is 1.75. The van der Waals surface area contributed by atoms with Crippen molar-refractivity contribution in [1.29, 1.82) is 0 Å². The maximum absolute atomic E-state index is 13.2. The highest BCUT2D eigenvalue weighted by Gasteiger charge is 2.12. The van der Waals surface area contributed by atoms with Gasteiger partial charge in [-0.2, -0.15) is 0 Å². The van der Waals surface area contributed by atoms with Crippen molar-refractivity contribution in [3.05, 3.63) is 34.6 Å². The van der Waals surface area contributed by atoms with Crippen LogP contribution < -0.4 is 5.32 Å². The summed E-state index contributed by atoms with van der Waals surface area (Å²) in [5, 5.41) is 3.56. The zero-order valence-electron chi connectivity index (χ0n) is 9.72.